The smallest absolute Gasteiger partial charge is 0.327 e. The molecule has 388 valence electrons. The quantitative estimate of drug-likeness (QED) is 0.0118. The topological polar surface area (TPSA) is 399 Å². The van der Waals surface area contributed by atoms with E-state index in [1.807, 2.05) is 4.90 Å². The van der Waals surface area contributed by atoms with Crippen LogP contribution in [0.3, 0.4) is 0 Å². The molecule has 0 aliphatic rings. The number of nitrogens with one attached hydrogen (secondary N) is 5. The van der Waals surface area contributed by atoms with E-state index >= 15 is 0 Å². The van der Waals surface area contributed by atoms with Crippen LogP contribution in [0.2, 0.25) is 0 Å². The number of carbonyl (C=O) groups excluding carboxylic acids is 4. The summed E-state index contributed by atoms with van der Waals surface area (Å²) in [7, 11) is 2.13. The molecule has 5 unspecified atom stereocenters. The highest BCUT2D eigenvalue weighted by atomic mass is 33.1. The Kier molecular flexibility index (Phi) is 25.7. The van der Waals surface area contributed by atoms with Crippen LogP contribution in [0, 0.1) is 12.3 Å². The van der Waals surface area contributed by atoms with E-state index in [4.69, 9.17) is 32.8 Å². The van der Waals surface area contributed by atoms with Crippen LogP contribution in [0.25, 0.3) is 10.9 Å². The maximum absolute atomic E-state index is 13.3. The van der Waals surface area contributed by atoms with Crippen molar-refractivity contribution < 1.29 is 68.9 Å². The van der Waals surface area contributed by atoms with Gasteiger partial charge in [0.05, 0.1) is 36.2 Å². The number of anilines is 2. The number of aromatic amines is 1. The fourth-order valence-electron chi connectivity index (χ4n) is 6.59. The highest BCUT2D eigenvalue weighted by molar-refractivity contribution is 8.76. The lowest BCUT2D eigenvalue weighted by Gasteiger charge is -2.24. The summed E-state index contributed by atoms with van der Waals surface area (Å²) in [6, 6.07) is 5.78. The Morgan fingerprint density at radius 3 is 2.21 bits per heavy atom. The number of fused-ring (bicyclic) bond motifs is 1. The summed E-state index contributed by atoms with van der Waals surface area (Å²) in [5, 5.41) is 67.7. The minimum Gasteiger partial charge on any atom is -0.481 e. The Bertz CT molecular complexity index is 2370. The van der Waals surface area contributed by atoms with Gasteiger partial charge in [0.15, 0.2) is 0 Å². The van der Waals surface area contributed by atoms with Gasteiger partial charge in [0.1, 0.15) is 31.0 Å². The number of aliphatic carboxylic acids is 3. The first-order valence-electron chi connectivity index (χ1n) is 22.3. The normalized spacial score (nSPS) is 13.6. The number of hydrogen-bond donors (Lipinski definition) is 13. The Morgan fingerprint density at radius 2 is 1.55 bits per heavy atom. The van der Waals surface area contributed by atoms with Crippen LogP contribution in [0.15, 0.2) is 47.3 Å². The summed E-state index contributed by atoms with van der Waals surface area (Å²) in [5.74, 6) is -4.65. The first-order valence-corrected chi connectivity index (χ1v) is 24.8. The Hall–Kier alpha value is -6.47. The molecule has 15 N–H and O–H groups in total. The van der Waals surface area contributed by atoms with Crippen molar-refractivity contribution in [2.75, 3.05) is 48.4 Å². The van der Waals surface area contributed by atoms with Crippen molar-refractivity contribution in [3.8, 4) is 12.3 Å². The number of nitrogens with zero attached hydrogens (tertiary/aromatic N) is 2. The number of benzene rings is 2. The zero-order valence-corrected chi connectivity index (χ0v) is 40.3. The van der Waals surface area contributed by atoms with Crippen LogP contribution >= 0.6 is 21.6 Å². The van der Waals surface area contributed by atoms with Crippen LogP contribution in [-0.2, 0) is 40.0 Å². The van der Waals surface area contributed by atoms with Crippen LogP contribution in [0.4, 0.5) is 11.6 Å². The third-order valence-electron chi connectivity index (χ3n) is 10.5. The molecule has 0 aliphatic heterocycles. The van der Waals surface area contributed by atoms with Gasteiger partial charge in [-0.05, 0) is 93.5 Å². The number of ether oxygens (including phenoxy) is 1. The molecule has 3 aromatic rings. The van der Waals surface area contributed by atoms with E-state index in [0.717, 1.165) is 27.2 Å². The number of aromatic nitrogens is 2. The number of carboxylic acid groups (broad SMARTS) is 3. The predicted molar refractivity (Wildman–Crippen MR) is 264 cm³/mol. The van der Waals surface area contributed by atoms with Gasteiger partial charge in [-0.1, -0.05) is 33.6 Å². The van der Waals surface area contributed by atoms with Gasteiger partial charge in [0.25, 0.3) is 11.5 Å². The predicted octanol–water partition coefficient (Wildman–Crippen LogP) is -0.509. The molecular formula is C45H61N9O15S2. The molecular weight excluding hydrogens is 971 g/mol. The van der Waals surface area contributed by atoms with E-state index in [1.165, 1.54) is 12.1 Å². The number of aliphatic hydroxyl groups excluding tert-OH is 3. The van der Waals surface area contributed by atoms with Gasteiger partial charge in [-0.3, -0.25) is 39.1 Å². The number of carbonyl (C=O) groups is 7. The van der Waals surface area contributed by atoms with E-state index < -0.39 is 90.1 Å². The zero-order valence-electron chi connectivity index (χ0n) is 38.6. The molecule has 2 aromatic carbocycles. The van der Waals surface area contributed by atoms with Crippen molar-refractivity contribution >= 4 is 85.7 Å². The second kappa shape index (κ2) is 31.0. The number of H-pyrrole nitrogens is 1. The van der Waals surface area contributed by atoms with Gasteiger partial charge in [-0.15, -0.1) is 6.42 Å². The molecule has 0 saturated carbocycles. The van der Waals surface area contributed by atoms with E-state index in [9.17, 15) is 58.8 Å². The lowest BCUT2D eigenvalue weighted by molar-refractivity contribution is -0.144. The summed E-state index contributed by atoms with van der Waals surface area (Å²) >= 11 is 0. The second-order valence-electron chi connectivity index (χ2n) is 16.0. The van der Waals surface area contributed by atoms with Gasteiger partial charge >= 0.3 is 23.9 Å². The van der Waals surface area contributed by atoms with Gasteiger partial charge in [0.2, 0.25) is 17.8 Å². The Balaban J connectivity index is 1.45. The van der Waals surface area contributed by atoms with Crippen molar-refractivity contribution in [2.24, 2.45) is 5.73 Å². The molecule has 26 heteroatoms. The number of terminal acetylenes is 1. The van der Waals surface area contributed by atoms with Crippen molar-refractivity contribution in [1.29, 1.82) is 0 Å². The maximum Gasteiger partial charge on any atom is 0.327 e. The maximum atomic E-state index is 13.3. The standard InChI is InChI=1S/C45H61N9O15S2/c1-2-19-54(23-26-6-12-32-30(22-26)40(62)53-45(47)52-32)28-9-7-27(8-10-28)39(61)50-34(43(65)66)14-17-38(60)69-20-21-70-71-25-35(44(67)68)51-42(64)33(49-41(63)31(46)11-16-37(58)59)13-15-36(57)48-18-4-3-5-29(56)24-55/h1,6-10,12,22,29,31,33-36,48,55-57H,3-5,11,13-21,23-25,46H2,(H,49,63)(H,50,61)(H,51,64)(H,58,59)(H,65,66)(H,67,68)(H3,47,52,53,62)/t29-,31?,33?,34?,35?,36?/m0/s1. The molecule has 3 rings (SSSR count). The molecule has 71 heavy (non-hydrogen) atoms. The summed E-state index contributed by atoms with van der Waals surface area (Å²) in [5.41, 5.74) is 13.0. The third-order valence-corrected chi connectivity index (χ3v) is 12.8. The number of unbranched alkanes of at least 4 members (excludes halogenated alkanes) is 1. The number of amides is 3. The number of carboxylic acids is 3. The zero-order chi connectivity index (χ0) is 52.5. The van der Waals surface area contributed by atoms with E-state index in [0.29, 0.717) is 48.9 Å². The lowest BCUT2D eigenvalue weighted by atomic mass is 10.1. The summed E-state index contributed by atoms with van der Waals surface area (Å²) in [6.45, 7) is 0.294. The van der Waals surface area contributed by atoms with Crippen LogP contribution in [-0.4, -0.2) is 157 Å². The Morgan fingerprint density at radius 1 is 0.845 bits per heavy atom. The van der Waals surface area contributed by atoms with Crippen LogP contribution < -0.4 is 43.2 Å². The van der Waals surface area contributed by atoms with E-state index in [1.54, 1.807) is 30.3 Å². The Labute approximate surface area is 415 Å². The molecule has 0 bridgehead atoms. The first-order chi connectivity index (χ1) is 33.8. The van der Waals surface area contributed by atoms with Crippen LogP contribution in [0.1, 0.15) is 73.7 Å². The fourth-order valence-corrected chi connectivity index (χ4v) is 8.57. The number of nitrogen functional groups attached to an aromatic ring is 1. The lowest BCUT2D eigenvalue weighted by Crippen LogP contribution is -2.55. The average molecular weight is 1030 g/mol. The highest BCUT2D eigenvalue weighted by Gasteiger charge is 2.29. The highest BCUT2D eigenvalue weighted by Crippen LogP contribution is 2.23. The molecule has 1 heterocycles. The summed E-state index contributed by atoms with van der Waals surface area (Å²) in [4.78, 5) is 108. The number of esters is 1. The number of aliphatic hydroxyl groups is 3. The fraction of sp³-hybridized carbons (Fsp3) is 0.489. The van der Waals surface area contributed by atoms with Crippen molar-refractivity contribution in [3.63, 3.8) is 0 Å². The number of nitrogens with two attached hydrogens (primary N) is 2. The monoisotopic (exact) mass is 1030 g/mol. The third kappa shape index (κ3) is 21.6. The molecule has 0 spiro atoms. The summed E-state index contributed by atoms with van der Waals surface area (Å²) in [6.07, 6.45) is 3.53. The minimum absolute atomic E-state index is 0.00597. The molecule has 1 aromatic heterocycles. The molecule has 6 atom stereocenters. The molecule has 0 saturated heterocycles. The van der Waals surface area contributed by atoms with E-state index in [-0.39, 0.29) is 74.9 Å². The molecule has 3 amide bonds. The van der Waals surface area contributed by atoms with Gasteiger partial charge in [-0.25, -0.2) is 14.6 Å². The minimum atomic E-state index is -1.46. The molecule has 0 fully saturated rings. The van der Waals surface area contributed by atoms with E-state index in [2.05, 4.69) is 37.2 Å². The number of rotatable bonds is 34. The van der Waals surface area contributed by atoms with Crippen molar-refractivity contribution in [1.82, 2.24) is 31.2 Å². The summed E-state index contributed by atoms with van der Waals surface area (Å²) < 4.78 is 5.19. The molecule has 0 radical (unpaired) electrons. The first kappa shape index (κ1) is 58.8. The van der Waals surface area contributed by atoms with Crippen molar-refractivity contribution in [3.05, 3.63) is 63.9 Å². The second-order valence-corrected chi connectivity index (χ2v) is 18.6. The average Bonchev–Trinajstić information content (AvgIpc) is 3.33. The number of hydrogen-bond acceptors (Lipinski definition) is 19. The van der Waals surface area contributed by atoms with Gasteiger partial charge < -0.3 is 67.7 Å². The van der Waals surface area contributed by atoms with Gasteiger partial charge in [0, 0.05) is 42.1 Å². The molecule has 24 nitrogen and oxygen atoms in total. The van der Waals surface area contributed by atoms with Crippen LogP contribution in [0.5, 0.6) is 0 Å². The van der Waals surface area contributed by atoms with Crippen molar-refractivity contribution in [2.45, 2.75) is 101 Å². The SMILES string of the molecule is C#CCN(Cc1ccc2nc(N)[nH]c(=O)c2c1)c1ccc(C(=O)NC(CCC(=O)OCCSSCC(NC(=O)C(CCC(O)NCCCC[C@H](O)CO)NC(=O)C(N)CCC(=O)O)C(=O)O)C(=O)O)cc1. The van der Waals surface area contributed by atoms with Gasteiger partial charge in [-0.2, -0.15) is 0 Å². The largest absolute Gasteiger partial charge is 0.481 e. The molecule has 0 aliphatic carbocycles.